The van der Waals surface area contributed by atoms with Gasteiger partial charge in [0, 0.05) is 31.2 Å². The molecule has 1 N–H and O–H groups in total. The summed E-state index contributed by atoms with van der Waals surface area (Å²) in [6, 6.07) is 15.3. The Bertz CT molecular complexity index is 1110. The van der Waals surface area contributed by atoms with Gasteiger partial charge in [-0.25, -0.2) is 4.68 Å². The molecule has 1 amide bonds. The van der Waals surface area contributed by atoms with Gasteiger partial charge in [-0.15, -0.1) is 0 Å². The van der Waals surface area contributed by atoms with Crippen molar-refractivity contribution in [2.75, 3.05) is 39.5 Å². The van der Waals surface area contributed by atoms with Gasteiger partial charge >= 0.3 is 0 Å². The molecule has 1 aliphatic rings. The fourth-order valence-electron chi connectivity index (χ4n) is 4.04. The molecule has 8 heteroatoms. The van der Waals surface area contributed by atoms with Crippen molar-refractivity contribution in [1.82, 2.24) is 20.0 Å². The summed E-state index contributed by atoms with van der Waals surface area (Å²) in [7, 11) is 0. The van der Waals surface area contributed by atoms with Crippen LogP contribution in [-0.4, -0.2) is 60.0 Å². The van der Waals surface area contributed by atoms with Gasteiger partial charge < -0.3 is 14.8 Å². The van der Waals surface area contributed by atoms with Gasteiger partial charge in [0.05, 0.1) is 36.4 Å². The number of morpholine rings is 1. The topological polar surface area (TPSA) is 68.6 Å². The first kappa shape index (κ1) is 24.3. The van der Waals surface area contributed by atoms with E-state index in [0.29, 0.717) is 23.7 Å². The summed E-state index contributed by atoms with van der Waals surface area (Å²) >= 11 is 6.16. The molecular formula is C26H31ClN4O3. The van der Waals surface area contributed by atoms with E-state index in [1.165, 1.54) is 0 Å². The molecule has 2 aromatic carbocycles. The van der Waals surface area contributed by atoms with Gasteiger partial charge in [0.2, 0.25) is 0 Å². The third-order valence-corrected chi connectivity index (χ3v) is 6.02. The van der Waals surface area contributed by atoms with E-state index >= 15 is 0 Å². The Balaban J connectivity index is 1.37. The van der Waals surface area contributed by atoms with Gasteiger partial charge in [0.1, 0.15) is 12.4 Å². The molecule has 3 aromatic rings. The second-order valence-electron chi connectivity index (χ2n) is 8.62. The number of nitrogens with zero attached hydrogens (tertiary/aromatic N) is 3. The molecule has 0 bridgehead atoms. The zero-order chi connectivity index (χ0) is 23.9. The molecule has 1 fully saturated rings. The van der Waals surface area contributed by atoms with E-state index in [1.807, 2.05) is 62.4 Å². The second-order valence-corrected chi connectivity index (χ2v) is 9.06. The van der Waals surface area contributed by atoms with Crippen molar-refractivity contribution >= 4 is 17.5 Å². The number of carbonyl (C=O) groups is 1. The van der Waals surface area contributed by atoms with E-state index in [-0.39, 0.29) is 11.8 Å². The Labute approximate surface area is 205 Å². The standard InChI is InChI=1S/C26H31ClN4O3/c1-19(2)25-24(18-29-31(25)22-7-4-6-21(27)16-22)26(32)28-17-20-5-3-8-23(15-20)34-14-11-30-9-12-33-13-10-30/h3-8,15-16,18-19H,9-14,17H2,1-2H3,(H,28,32). The first-order valence-corrected chi connectivity index (χ1v) is 12.0. The molecule has 4 rings (SSSR count). The van der Waals surface area contributed by atoms with E-state index in [4.69, 9.17) is 21.1 Å². The van der Waals surface area contributed by atoms with Gasteiger partial charge in [0.15, 0.2) is 0 Å². The summed E-state index contributed by atoms with van der Waals surface area (Å²) in [6.45, 7) is 9.45. The van der Waals surface area contributed by atoms with Crippen LogP contribution in [-0.2, 0) is 11.3 Å². The Morgan fingerprint density at radius 1 is 1.18 bits per heavy atom. The molecule has 2 heterocycles. The highest BCUT2D eigenvalue weighted by atomic mass is 35.5. The van der Waals surface area contributed by atoms with Crippen molar-refractivity contribution in [1.29, 1.82) is 0 Å². The third kappa shape index (κ3) is 6.17. The number of hydrogen-bond donors (Lipinski definition) is 1. The van der Waals surface area contributed by atoms with Crippen LogP contribution in [0.3, 0.4) is 0 Å². The quantitative estimate of drug-likeness (QED) is 0.492. The van der Waals surface area contributed by atoms with E-state index in [0.717, 1.165) is 55.5 Å². The lowest BCUT2D eigenvalue weighted by Crippen LogP contribution is -2.38. The first-order chi connectivity index (χ1) is 16.5. The lowest BCUT2D eigenvalue weighted by atomic mass is 10.0. The van der Waals surface area contributed by atoms with Gasteiger partial charge in [0.25, 0.3) is 5.91 Å². The Morgan fingerprint density at radius 3 is 2.74 bits per heavy atom. The molecule has 0 saturated carbocycles. The van der Waals surface area contributed by atoms with Crippen LogP contribution < -0.4 is 10.1 Å². The number of benzene rings is 2. The molecule has 0 unspecified atom stereocenters. The van der Waals surface area contributed by atoms with Crippen LogP contribution in [0, 0.1) is 0 Å². The minimum absolute atomic E-state index is 0.102. The number of aromatic nitrogens is 2. The van der Waals surface area contributed by atoms with Crippen molar-refractivity contribution in [2.45, 2.75) is 26.3 Å². The van der Waals surface area contributed by atoms with Gasteiger partial charge in [-0.3, -0.25) is 9.69 Å². The molecule has 1 aliphatic heterocycles. The van der Waals surface area contributed by atoms with Crippen LogP contribution in [0.2, 0.25) is 5.02 Å². The maximum Gasteiger partial charge on any atom is 0.255 e. The monoisotopic (exact) mass is 482 g/mol. The molecule has 0 aliphatic carbocycles. The van der Waals surface area contributed by atoms with Crippen LogP contribution in [0.4, 0.5) is 0 Å². The molecule has 0 radical (unpaired) electrons. The van der Waals surface area contributed by atoms with Crippen molar-refractivity contribution in [3.05, 3.63) is 76.6 Å². The Hall–Kier alpha value is -2.87. The molecule has 1 saturated heterocycles. The highest BCUT2D eigenvalue weighted by Gasteiger charge is 2.21. The molecule has 180 valence electrons. The zero-order valence-electron chi connectivity index (χ0n) is 19.7. The summed E-state index contributed by atoms with van der Waals surface area (Å²) in [5.41, 5.74) is 3.22. The van der Waals surface area contributed by atoms with Crippen molar-refractivity contribution < 1.29 is 14.3 Å². The third-order valence-electron chi connectivity index (χ3n) is 5.78. The lowest BCUT2D eigenvalue weighted by molar-refractivity contribution is 0.0322. The van der Waals surface area contributed by atoms with Gasteiger partial charge in [-0.05, 0) is 41.8 Å². The average Bonchev–Trinajstić information content (AvgIpc) is 3.29. The molecule has 1 aromatic heterocycles. The number of carbonyl (C=O) groups excluding carboxylic acids is 1. The fourth-order valence-corrected chi connectivity index (χ4v) is 4.23. The maximum atomic E-state index is 13.0. The Morgan fingerprint density at radius 2 is 1.97 bits per heavy atom. The second kappa shape index (κ2) is 11.5. The minimum Gasteiger partial charge on any atom is -0.492 e. The molecule has 0 atom stereocenters. The summed E-state index contributed by atoms with van der Waals surface area (Å²) in [4.78, 5) is 15.4. The average molecular weight is 483 g/mol. The number of halogens is 1. The van der Waals surface area contributed by atoms with E-state index < -0.39 is 0 Å². The molecule has 0 spiro atoms. The lowest BCUT2D eigenvalue weighted by Gasteiger charge is -2.26. The van der Waals surface area contributed by atoms with E-state index in [2.05, 4.69) is 15.3 Å². The highest BCUT2D eigenvalue weighted by molar-refractivity contribution is 6.30. The number of nitrogens with one attached hydrogen (secondary N) is 1. The number of amides is 1. The number of hydrogen-bond acceptors (Lipinski definition) is 5. The molecule has 34 heavy (non-hydrogen) atoms. The summed E-state index contributed by atoms with van der Waals surface area (Å²) in [5, 5.41) is 8.13. The first-order valence-electron chi connectivity index (χ1n) is 11.6. The normalized spacial score (nSPS) is 14.4. The van der Waals surface area contributed by atoms with Crippen LogP contribution in [0.15, 0.2) is 54.7 Å². The van der Waals surface area contributed by atoms with Crippen molar-refractivity contribution in [2.24, 2.45) is 0 Å². The van der Waals surface area contributed by atoms with Gasteiger partial charge in [-0.1, -0.05) is 43.6 Å². The smallest absolute Gasteiger partial charge is 0.255 e. The minimum atomic E-state index is -0.157. The predicted molar refractivity (Wildman–Crippen MR) is 133 cm³/mol. The fraction of sp³-hybridized carbons (Fsp3) is 0.385. The van der Waals surface area contributed by atoms with Crippen molar-refractivity contribution in [3.63, 3.8) is 0 Å². The van der Waals surface area contributed by atoms with Gasteiger partial charge in [-0.2, -0.15) is 5.10 Å². The summed E-state index contributed by atoms with van der Waals surface area (Å²) < 4.78 is 13.1. The van der Waals surface area contributed by atoms with Crippen LogP contribution in [0.5, 0.6) is 5.75 Å². The number of ether oxygens (including phenoxy) is 2. The Kier molecular flexibility index (Phi) is 8.21. The predicted octanol–water partition coefficient (Wildman–Crippen LogP) is 4.29. The molecular weight excluding hydrogens is 452 g/mol. The highest BCUT2D eigenvalue weighted by Crippen LogP contribution is 2.24. The molecule has 7 nitrogen and oxygen atoms in total. The number of rotatable bonds is 9. The van der Waals surface area contributed by atoms with E-state index in [9.17, 15) is 4.79 Å². The van der Waals surface area contributed by atoms with E-state index in [1.54, 1.807) is 10.9 Å². The summed E-state index contributed by atoms with van der Waals surface area (Å²) in [6.07, 6.45) is 1.62. The maximum absolute atomic E-state index is 13.0. The largest absolute Gasteiger partial charge is 0.492 e. The van der Waals surface area contributed by atoms with Crippen molar-refractivity contribution in [3.8, 4) is 11.4 Å². The zero-order valence-corrected chi connectivity index (χ0v) is 20.4. The van der Waals surface area contributed by atoms with Crippen LogP contribution >= 0.6 is 11.6 Å². The SMILES string of the molecule is CC(C)c1c(C(=O)NCc2cccc(OCCN3CCOCC3)c2)cnn1-c1cccc(Cl)c1. The van der Waals surface area contributed by atoms with Crippen LogP contribution in [0.1, 0.15) is 41.4 Å². The summed E-state index contributed by atoms with van der Waals surface area (Å²) in [5.74, 6) is 0.748. The van der Waals surface area contributed by atoms with Crippen LogP contribution in [0.25, 0.3) is 5.69 Å².